The van der Waals surface area contributed by atoms with Crippen LogP contribution in [0.5, 0.6) is 11.5 Å². The van der Waals surface area contributed by atoms with E-state index in [0.717, 1.165) is 11.3 Å². The number of hydrogen-bond acceptors (Lipinski definition) is 4. The first-order valence-corrected chi connectivity index (χ1v) is 5.49. The molecule has 0 saturated carbocycles. The quantitative estimate of drug-likeness (QED) is 0.774. The SMILES string of the molecule is COc1ccc(C=Nc2cccnc2)cc1OC. The van der Waals surface area contributed by atoms with Gasteiger partial charge in [-0.25, -0.2) is 0 Å². The molecule has 4 heteroatoms. The zero-order valence-corrected chi connectivity index (χ0v) is 10.3. The van der Waals surface area contributed by atoms with Crippen LogP contribution in [0.15, 0.2) is 47.7 Å². The number of aliphatic imine (C=N–C) groups is 1. The van der Waals surface area contributed by atoms with Crippen LogP contribution in [0.2, 0.25) is 0 Å². The molecule has 0 N–H and O–H groups in total. The average molecular weight is 242 g/mol. The minimum atomic E-state index is 0.688. The second-order valence-corrected chi connectivity index (χ2v) is 3.58. The molecule has 0 saturated heterocycles. The number of hydrogen-bond donors (Lipinski definition) is 0. The molecule has 1 heterocycles. The Hall–Kier alpha value is -2.36. The van der Waals surface area contributed by atoms with Gasteiger partial charge in [0, 0.05) is 12.4 Å². The molecular weight excluding hydrogens is 228 g/mol. The van der Waals surface area contributed by atoms with Crippen molar-refractivity contribution in [2.45, 2.75) is 0 Å². The summed E-state index contributed by atoms with van der Waals surface area (Å²) in [6.07, 6.45) is 5.19. The van der Waals surface area contributed by atoms with Gasteiger partial charge in [-0.3, -0.25) is 9.98 Å². The third kappa shape index (κ3) is 2.85. The van der Waals surface area contributed by atoms with E-state index in [1.54, 1.807) is 32.8 Å². The third-order valence-electron chi connectivity index (χ3n) is 2.42. The summed E-state index contributed by atoms with van der Waals surface area (Å²) in [5.41, 5.74) is 1.75. The first kappa shape index (κ1) is 12.1. The van der Waals surface area contributed by atoms with Crippen LogP contribution < -0.4 is 9.47 Å². The predicted molar refractivity (Wildman–Crippen MR) is 71.0 cm³/mol. The summed E-state index contributed by atoms with van der Waals surface area (Å²) in [6.45, 7) is 0. The van der Waals surface area contributed by atoms with Gasteiger partial charge in [0.1, 0.15) is 0 Å². The van der Waals surface area contributed by atoms with Gasteiger partial charge in [0.15, 0.2) is 11.5 Å². The smallest absolute Gasteiger partial charge is 0.161 e. The van der Waals surface area contributed by atoms with E-state index < -0.39 is 0 Å². The zero-order valence-electron chi connectivity index (χ0n) is 10.3. The maximum Gasteiger partial charge on any atom is 0.161 e. The topological polar surface area (TPSA) is 43.7 Å². The fourth-order valence-corrected chi connectivity index (χ4v) is 1.51. The molecule has 0 bridgehead atoms. The van der Waals surface area contributed by atoms with Crippen molar-refractivity contribution in [1.29, 1.82) is 0 Å². The van der Waals surface area contributed by atoms with E-state index in [9.17, 15) is 0 Å². The van der Waals surface area contributed by atoms with Gasteiger partial charge in [-0.15, -0.1) is 0 Å². The summed E-state index contributed by atoms with van der Waals surface area (Å²) in [4.78, 5) is 8.32. The van der Waals surface area contributed by atoms with Gasteiger partial charge in [-0.1, -0.05) is 0 Å². The van der Waals surface area contributed by atoms with E-state index in [1.165, 1.54) is 0 Å². The van der Waals surface area contributed by atoms with Crippen LogP contribution >= 0.6 is 0 Å². The lowest BCUT2D eigenvalue weighted by atomic mass is 10.2. The van der Waals surface area contributed by atoms with Crippen molar-refractivity contribution < 1.29 is 9.47 Å². The van der Waals surface area contributed by atoms with Crippen LogP contribution in [-0.2, 0) is 0 Å². The second kappa shape index (κ2) is 5.82. The molecule has 92 valence electrons. The van der Waals surface area contributed by atoms with Gasteiger partial charge < -0.3 is 9.47 Å². The molecule has 1 aromatic carbocycles. The number of rotatable bonds is 4. The molecule has 0 unspecified atom stereocenters. The molecule has 2 rings (SSSR count). The molecule has 2 aromatic rings. The molecule has 0 amide bonds. The van der Waals surface area contributed by atoms with E-state index in [4.69, 9.17) is 9.47 Å². The minimum Gasteiger partial charge on any atom is -0.493 e. The van der Waals surface area contributed by atoms with Crippen LogP contribution in [0.25, 0.3) is 0 Å². The standard InChI is InChI=1S/C14H14N2O2/c1-17-13-6-5-11(8-14(13)18-2)9-16-12-4-3-7-15-10-12/h3-10H,1-2H3. The number of aromatic nitrogens is 1. The van der Waals surface area contributed by atoms with Gasteiger partial charge in [0.05, 0.1) is 26.1 Å². The number of nitrogens with zero attached hydrogens (tertiary/aromatic N) is 2. The Labute approximate surface area is 106 Å². The lowest BCUT2D eigenvalue weighted by Crippen LogP contribution is -1.91. The van der Waals surface area contributed by atoms with Gasteiger partial charge in [-0.2, -0.15) is 0 Å². The highest BCUT2D eigenvalue weighted by Gasteiger charge is 2.02. The molecule has 0 spiro atoms. The number of ether oxygens (including phenoxy) is 2. The Kier molecular flexibility index (Phi) is 3.91. The highest BCUT2D eigenvalue weighted by molar-refractivity contribution is 5.83. The van der Waals surface area contributed by atoms with E-state index in [1.807, 2.05) is 30.3 Å². The molecule has 0 aliphatic heterocycles. The Morgan fingerprint density at radius 1 is 1.11 bits per heavy atom. The maximum absolute atomic E-state index is 5.23. The predicted octanol–water partition coefficient (Wildman–Crippen LogP) is 2.85. The molecule has 1 aromatic heterocycles. The monoisotopic (exact) mass is 242 g/mol. The minimum absolute atomic E-state index is 0.688. The van der Waals surface area contributed by atoms with E-state index in [-0.39, 0.29) is 0 Å². The lowest BCUT2D eigenvalue weighted by molar-refractivity contribution is 0.355. The van der Waals surface area contributed by atoms with Crippen LogP contribution in [0.4, 0.5) is 5.69 Å². The lowest BCUT2D eigenvalue weighted by Gasteiger charge is -2.07. The normalized spacial score (nSPS) is 10.6. The highest BCUT2D eigenvalue weighted by atomic mass is 16.5. The fourth-order valence-electron chi connectivity index (χ4n) is 1.51. The number of methoxy groups -OCH3 is 2. The molecule has 4 nitrogen and oxygen atoms in total. The highest BCUT2D eigenvalue weighted by Crippen LogP contribution is 2.27. The Morgan fingerprint density at radius 2 is 1.94 bits per heavy atom. The summed E-state index contributed by atoms with van der Waals surface area (Å²) in [5.74, 6) is 1.39. The largest absolute Gasteiger partial charge is 0.493 e. The van der Waals surface area contributed by atoms with Crippen molar-refractivity contribution in [3.8, 4) is 11.5 Å². The fraction of sp³-hybridized carbons (Fsp3) is 0.143. The third-order valence-corrected chi connectivity index (χ3v) is 2.42. The molecule has 0 aliphatic rings. The average Bonchev–Trinajstić information content (AvgIpc) is 2.45. The molecule has 0 radical (unpaired) electrons. The van der Waals surface area contributed by atoms with Gasteiger partial charge >= 0.3 is 0 Å². The Morgan fingerprint density at radius 3 is 2.61 bits per heavy atom. The van der Waals surface area contributed by atoms with Crippen LogP contribution in [0.1, 0.15) is 5.56 Å². The van der Waals surface area contributed by atoms with Crippen molar-refractivity contribution in [1.82, 2.24) is 4.98 Å². The van der Waals surface area contributed by atoms with Crippen molar-refractivity contribution in [2.75, 3.05) is 14.2 Å². The van der Waals surface area contributed by atoms with Crippen LogP contribution in [-0.4, -0.2) is 25.4 Å². The van der Waals surface area contributed by atoms with Crippen molar-refractivity contribution in [3.05, 3.63) is 48.3 Å². The Balaban J connectivity index is 2.22. The molecule has 0 fully saturated rings. The summed E-state index contributed by atoms with van der Waals surface area (Å²) in [5, 5.41) is 0. The first-order valence-electron chi connectivity index (χ1n) is 5.49. The molecule has 0 aliphatic carbocycles. The summed E-state index contributed by atoms with van der Waals surface area (Å²) in [7, 11) is 3.22. The van der Waals surface area contributed by atoms with Crippen molar-refractivity contribution in [3.63, 3.8) is 0 Å². The number of benzene rings is 1. The van der Waals surface area contributed by atoms with Gasteiger partial charge in [-0.05, 0) is 35.9 Å². The second-order valence-electron chi connectivity index (χ2n) is 3.58. The molecule has 0 atom stereocenters. The van der Waals surface area contributed by atoms with Gasteiger partial charge in [0.2, 0.25) is 0 Å². The van der Waals surface area contributed by atoms with Crippen LogP contribution in [0.3, 0.4) is 0 Å². The maximum atomic E-state index is 5.23. The Bertz CT molecular complexity index is 539. The molecular formula is C14H14N2O2. The van der Waals surface area contributed by atoms with E-state index in [2.05, 4.69) is 9.98 Å². The summed E-state index contributed by atoms with van der Waals surface area (Å²) >= 11 is 0. The summed E-state index contributed by atoms with van der Waals surface area (Å²) < 4.78 is 10.4. The molecule has 18 heavy (non-hydrogen) atoms. The van der Waals surface area contributed by atoms with Crippen LogP contribution in [0, 0.1) is 0 Å². The number of pyridine rings is 1. The first-order chi connectivity index (χ1) is 8.83. The summed E-state index contributed by atoms with van der Waals surface area (Å²) in [6, 6.07) is 9.38. The van der Waals surface area contributed by atoms with E-state index >= 15 is 0 Å². The van der Waals surface area contributed by atoms with E-state index in [0.29, 0.717) is 11.5 Å². The van der Waals surface area contributed by atoms with Crippen molar-refractivity contribution >= 4 is 11.9 Å². The van der Waals surface area contributed by atoms with Crippen molar-refractivity contribution in [2.24, 2.45) is 4.99 Å². The van der Waals surface area contributed by atoms with Gasteiger partial charge in [0.25, 0.3) is 0 Å². The zero-order chi connectivity index (χ0) is 12.8.